The van der Waals surface area contributed by atoms with Gasteiger partial charge in [0.15, 0.2) is 0 Å². The number of benzene rings is 1. The standard InChI is InChI=1S/C21H25N5O.ClH/c1-17(14-26-16-23-19-7-2-3-8-20(19)26)21(27)25-12-10-24(11-13-25)15-18-6-4-5-9-22-18;/h2-9,16-17H,10-15H2,1H3;1H. The van der Waals surface area contributed by atoms with Gasteiger partial charge in [-0.05, 0) is 24.3 Å². The van der Waals surface area contributed by atoms with E-state index < -0.39 is 0 Å². The van der Waals surface area contributed by atoms with E-state index in [0.717, 1.165) is 49.5 Å². The zero-order chi connectivity index (χ0) is 18.6. The van der Waals surface area contributed by atoms with E-state index in [1.807, 2.05) is 54.7 Å². The van der Waals surface area contributed by atoms with Crippen LogP contribution in [0, 0.1) is 5.92 Å². The van der Waals surface area contributed by atoms with Crippen LogP contribution in [-0.4, -0.2) is 56.4 Å². The zero-order valence-corrected chi connectivity index (χ0v) is 16.9. The largest absolute Gasteiger partial charge is 0.340 e. The summed E-state index contributed by atoms with van der Waals surface area (Å²) in [7, 11) is 0. The molecule has 3 heterocycles. The van der Waals surface area contributed by atoms with E-state index in [4.69, 9.17) is 0 Å². The number of imidazole rings is 1. The minimum atomic E-state index is -0.0649. The minimum absolute atomic E-state index is 0. The van der Waals surface area contributed by atoms with Crippen molar-refractivity contribution in [2.45, 2.75) is 20.0 Å². The molecule has 3 aromatic rings. The van der Waals surface area contributed by atoms with Gasteiger partial charge in [-0.25, -0.2) is 4.98 Å². The number of amides is 1. The van der Waals surface area contributed by atoms with E-state index in [9.17, 15) is 4.79 Å². The molecule has 1 unspecified atom stereocenters. The molecule has 2 aromatic heterocycles. The first kappa shape index (κ1) is 20.3. The third-order valence-corrected chi connectivity index (χ3v) is 5.22. The van der Waals surface area contributed by atoms with Crippen LogP contribution in [0.4, 0.5) is 0 Å². The first-order valence-corrected chi connectivity index (χ1v) is 9.51. The van der Waals surface area contributed by atoms with Crippen LogP contribution >= 0.6 is 12.4 Å². The number of pyridine rings is 1. The van der Waals surface area contributed by atoms with Gasteiger partial charge in [-0.3, -0.25) is 14.7 Å². The lowest BCUT2D eigenvalue weighted by molar-refractivity contribution is -0.137. The number of nitrogens with zero attached hydrogens (tertiary/aromatic N) is 5. The Hall–Kier alpha value is -2.44. The van der Waals surface area contributed by atoms with E-state index in [0.29, 0.717) is 6.54 Å². The molecule has 1 saturated heterocycles. The predicted octanol–water partition coefficient (Wildman–Crippen LogP) is 2.83. The van der Waals surface area contributed by atoms with Crippen molar-refractivity contribution in [1.82, 2.24) is 24.3 Å². The van der Waals surface area contributed by atoms with Gasteiger partial charge in [-0.1, -0.05) is 25.1 Å². The fraction of sp³-hybridized carbons (Fsp3) is 0.381. The van der Waals surface area contributed by atoms with E-state index in [-0.39, 0.29) is 24.2 Å². The summed E-state index contributed by atoms with van der Waals surface area (Å²) in [5, 5.41) is 0. The summed E-state index contributed by atoms with van der Waals surface area (Å²) in [6.07, 6.45) is 3.66. The lowest BCUT2D eigenvalue weighted by Gasteiger charge is -2.35. The lowest BCUT2D eigenvalue weighted by atomic mass is 10.1. The summed E-state index contributed by atoms with van der Waals surface area (Å²) >= 11 is 0. The number of fused-ring (bicyclic) bond motifs is 1. The van der Waals surface area contributed by atoms with E-state index in [1.54, 1.807) is 0 Å². The summed E-state index contributed by atoms with van der Waals surface area (Å²) in [4.78, 5) is 26.1. The van der Waals surface area contributed by atoms with Crippen molar-refractivity contribution in [1.29, 1.82) is 0 Å². The molecule has 7 heteroatoms. The molecule has 4 rings (SSSR count). The molecule has 0 N–H and O–H groups in total. The second-order valence-electron chi connectivity index (χ2n) is 7.21. The summed E-state index contributed by atoms with van der Waals surface area (Å²) in [6.45, 7) is 6.86. The lowest BCUT2D eigenvalue weighted by Crippen LogP contribution is -2.50. The zero-order valence-electron chi connectivity index (χ0n) is 16.1. The van der Waals surface area contributed by atoms with E-state index >= 15 is 0 Å². The second-order valence-corrected chi connectivity index (χ2v) is 7.21. The number of piperazine rings is 1. The van der Waals surface area contributed by atoms with Gasteiger partial charge in [0.2, 0.25) is 5.91 Å². The highest BCUT2D eigenvalue weighted by Crippen LogP contribution is 2.16. The van der Waals surface area contributed by atoms with Crippen molar-refractivity contribution in [2.75, 3.05) is 26.2 Å². The fourth-order valence-corrected chi connectivity index (χ4v) is 3.69. The summed E-state index contributed by atoms with van der Waals surface area (Å²) in [6, 6.07) is 14.0. The Morgan fingerprint density at radius 3 is 2.54 bits per heavy atom. The second kappa shape index (κ2) is 9.17. The van der Waals surface area contributed by atoms with Crippen molar-refractivity contribution in [2.24, 2.45) is 5.92 Å². The van der Waals surface area contributed by atoms with Crippen LogP contribution in [0.1, 0.15) is 12.6 Å². The Balaban J connectivity index is 0.00000225. The Morgan fingerprint density at radius 1 is 1.04 bits per heavy atom. The molecular weight excluding hydrogens is 374 g/mol. The maximum absolute atomic E-state index is 12.9. The summed E-state index contributed by atoms with van der Waals surface area (Å²) in [5.41, 5.74) is 3.13. The van der Waals surface area contributed by atoms with Crippen LogP contribution in [0.2, 0.25) is 0 Å². The van der Waals surface area contributed by atoms with Crippen LogP contribution in [0.25, 0.3) is 11.0 Å². The highest BCUT2D eigenvalue weighted by molar-refractivity contribution is 5.85. The molecule has 1 amide bonds. The number of hydrogen-bond acceptors (Lipinski definition) is 4. The maximum atomic E-state index is 12.9. The van der Waals surface area contributed by atoms with Crippen molar-refractivity contribution < 1.29 is 4.79 Å². The average molecular weight is 400 g/mol. The molecule has 1 aliphatic rings. The van der Waals surface area contributed by atoms with E-state index in [1.165, 1.54) is 0 Å². The van der Waals surface area contributed by atoms with Crippen LogP contribution < -0.4 is 0 Å². The minimum Gasteiger partial charge on any atom is -0.340 e. The van der Waals surface area contributed by atoms with Gasteiger partial charge in [-0.15, -0.1) is 12.4 Å². The summed E-state index contributed by atoms with van der Waals surface area (Å²) in [5.74, 6) is 0.162. The quantitative estimate of drug-likeness (QED) is 0.662. The Bertz CT molecular complexity index is 905. The predicted molar refractivity (Wildman–Crippen MR) is 112 cm³/mol. The van der Waals surface area contributed by atoms with E-state index in [2.05, 4.69) is 31.6 Å². The maximum Gasteiger partial charge on any atom is 0.227 e. The number of rotatable bonds is 5. The first-order valence-electron chi connectivity index (χ1n) is 9.51. The number of carbonyl (C=O) groups excluding carboxylic acids is 1. The third-order valence-electron chi connectivity index (χ3n) is 5.22. The van der Waals surface area contributed by atoms with Crippen molar-refractivity contribution in [3.63, 3.8) is 0 Å². The highest BCUT2D eigenvalue weighted by atomic mass is 35.5. The van der Waals surface area contributed by atoms with Gasteiger partial charge in [0.05, 0.1) is 29.0 Å². The number of para-hydroxylation sites is 2. The highest BCUT2D eigenvalue weighted by Gasteiger charge is 2.25. The van der Waals surface area contributed by atoms with Gasteiger partial charge in [-0.2, -0.15) is 0 Å². The molecule has 28 heavy (non-hydrogen) atoms. The Labute approximate surface area is 171 Å². The molecule has 1 fully saturated rings. The molecule has 1 aromatic carbocycles. The van der Waals surface area contributed by atoms with Crippen molar-refractivity contribution in [3.05, 3.63) is 60.7 Å². The van der Waals surface area contributed by atoms with Gasteiger partial charge in [0.25, 0.3) is 0 Å². The Kier molecular flexibility index (Phi) is 6.65. The molecular formula is C21H26ClN5O. The average Bonchev–Trinajstić information content (AvgIpc) is 3.12. The van der Waals surface area contributed by atoms with Crippen LogP contribution in [0.5, 0.6) is 0 Å². The third kappa shape index (κ3) is 4.51. The van der Waals surface area contributed by atoms with Gasteiger partial charge in [0, 0.05) is 45.5 Å². The molecule has 0 spiro atoms. The molecule has 6 nitrogen and oxygen atoms in total. The molecule has 148 valence electrons. The topological polar surface area (TPSA) is 54.3 Å². The molecule has 1 aliphatic heterocycles. The van der Waals surface area contributed by atoms with Gasteiger partial charge in [0.1, 0.15) is 0 Å². The van der Waals surface area contributed by atoms with Crippen molar-refractivity contribution in [3.8, 4) is 0 Å². The molecule has 0 bridgehead atoms. The molecule has 1 atom stereocenters. The smallest absolute Gasteiger partial charge is 0.227 e. The number of carbonyl (C=O) groups is 1. The van der Waals surface area contributed by atoms with Crippen LogP contribution in [-0.2, 0) is 17.9 Å². The first-order chi connectivity index (χ1) is 13.2. The molecule has 0 radical (unpaired) electrons. The fourth-order valence-electron chi connectivity index (χ4n) is 3.69. The van der Waals surface area contributed by atoms with Gasteiger partial charge < -0.3 is 9.47 Å². The normalized spacial score (nSPS) is 16.0. The van der Waals surface area contributed by atoms with Crippen LogP contribution in [0.15, 0.2) is 55.0 Å². The number of aromatic nitrogens is 3. The van der Waals surface area contributed by atoms with Crippen LogP contribution in [0.3, 0.4) is 0 Å². The van der Waals surface area contributed by atoms with Gasteiger partial charge >= 0.3 is 0 Å². The monoisotopic (exact) mass is 399 g/mol. The number of halogens is 1. The Morgan fingerprint density at radius 2 is 1.79 bits per heavy atom. The summed E-state index contributed by atoms with van der Waals surface area (Å²) < 4.78 is 2.08. The molecule has 0 aliphatic carbocycles. The molecule has 0 saturated carbocycles. The van der Waals surface area contributed by atoms with Crippen molar-refractivity contribution >= 4 is 29.3 Å². The SMILES string of the molecule is CC(Cn1cnc2ccccc21)C(=O)N1CCN(Cc2ccccn2)CC1.Cl. The number of hydrogen-bond donors (Lipinski definition) is 0.